The number of rotatable bonds is 4. The molecule has 2 aromatic carbocycles. The minimum Gasteiger partial charge on any atom is -0.457 e. The van der Waals surface area contributed by atoms with Crippen LogP contribution in [0.3, 0.4) is 0 Å². The maximum Gasteiger partial charge on any atom is 0.137 e. The van der Waals surface area contributed by atoms with Crippen LogP contribution in [-0.2, 0) is 9.59 Å². The van der Waals surface area contributed by atoms with E-state index in [1.54, 1.807) is 0 Å². The Morgan fingerprint density at radius 1 is 0.545 bits per heavy atom. The number of hydrogen-bond donors (Lipinski definition) is 0. The number of ether oxygens (including phenoxy) is 1. The SMILES string of the molecule is O=C1C[C@H]2CCC[C@@H](C1)N2c1ccc(Oc2ccc(N3[C@@H]4CCC[C@H]3CC(=O)C4)cc2)cc1. The van der Waals surface area contributed by atoms with Gasteiger partial charge in [0.1, 0.15) is 23.1 Å². The first-order valence-electron chi connectivity index (χ1n) is 12.6. The largest absolute Gasteiger partial charge is 0.457 e. The van der Waals surface area contributed by atoms with Crippen molar-refractivity contribution in [2.45, 2.75) is 88.4 Å². The molecule has 0 aromatic heterocycles. The average molecular weight is 445 g/mol. The Balaban J connectivity index is 1.14. The molecule has 2 aromatic rings. The van der Waals surface area contributed by atoms with E-state index in [4.69, 9.17) is 4.74 Å². The first kappa shape index (κ1) is 20.8. The molecular formula is C28H32N2O3. The quantitative estimate of drug-likeness (QED) is 0.609. The molecule has 4 bridgehead atoms. The molecule has 4 atom stereocenters. The molecule has 0 N–H and O–H groups in total. The molecule has 0 unspecified atom stereocenters. The minimum absolute atomic E-state index is 0.355. The number of nitrogens with zero attached hydrogens (tertiary/aromatic N) is 2. The maximum absolute atomic E-state index is 12.0. The lowest BCUT2D eigenvalue weighted by molar-refractivity contribution is -0.122. The predicted octanol–water partition coefficient (Wildman–Crippen LogP) is 5.66. The van der Waals surface area contributed by atoms with Gasteiger partial charge in [0.15, 0.2) is 0 Å². The van der Waals surface area contributed by atoms with Gasteiger partial charge < -0.3 is 14.5 Å². The summed E-state index contributed by atoms with van der Waals surface area (Å²) in [6.07, 6.45) is 9.65. The molecule has 5 nitrogen and oxygen atoms in total. The number of carbonyl (C=O) groups is 2. The first-order valence-corrected chi connectivity index (χ1v) is 12.6. The summed E-state index contributed by atoms with van der Waals surface area (Å²) in [5.74, 6) is 2.49. The Morgan fingerprint density at radius 2 is 0.879 bits per heavy atom. The van der Waals surface area contributed by atoms with Crippen molar-refractivity contribution in [3.05, 3.63) is 48.5 Å². The number of benzene rings is 2. The summed E-state index contributed by atoms with van der Waals surface area (Å²) in [4.78, 5) is 29.0. The van der Waals surface area contributed by atoms with Crippen LogP contribution in [0.5, 0.6) is 11.5 Å². The molecule has 4 heterocycles. The van der Waals surface area contributed by atoms with E-state index in [1.165, 1.54) is 24.2 Å². The highest BCUT2D eigenvalue weighted by Crippen LogP contribution is 2.39. The lowest BCUT2D eigenvalue weighted by Gasteiger charge is -2.47. The van der Waals surface area contributed by atoms with Crippen molar-refractivity contribution in [2.24, 2.45) is 0 Å². The minimum atomic E-state index is 0.355. The van der Waals surface area contributed by atoms with Crippen LogP contribution in [0.15, 0.2) is 48.5 Å². The van der Waals surface area contributed by atoms with E-state index < -0.39 is 0 Å². The van der Waals surface area contributed by atoms with E-state index in [2.05, 4.69) is 34.1 Å². The monoisotopic (exact) mass is 444 g/mol. The predicted molar refractivity (Wildman–Crippen MR) is 129 cm³/mol. The summed E-state index contributed by atoms with van der Waals surface area (Å²) in [6.45, 7) is 0. The zero-order chi connectivity index (χ0) is 22.4. The number of carbonyl (C=O) groups excluding carboxylic acids is 2. The van der Waals surface area contributed by atoms with Gasteiger partial charge in [0.2, 0.25) is 0 Å². The van der Waals surface area contributed by atoms with E-state index in [9.17, 15) is 9.59 Å². The van der Waals surface area contributed by atoms with Gasteiger partial charge in [-0.05, 0) is 87.1 Å². The van der Waals surface area contributed by atoms with Crippen LogP contribution in [0.1, 0.15) is 64.2 Å². The van der Waals surface area contributed by atoms with E-state index in [0.29, 0.717) is 61.4 Å². The highest BCUT2D eigenvalue weighted by atomic mass is 16.5. The fourth-order valence-electron chi connectivity index (χ4n) is 6.70. The summed E-state index contributed by atoms with van der Waals surface area (Å²) >= 11 is 0. The van der Waals surface area contributed by atoms with Crippen LogP contribution in [0, 0.1) is 0 Å². The second-order valence-corrected chi connectivity index (χ2v) is 10.3. The van der Waals surface area contributed by atoms with Gasteiger partial charge in [-0.2, -0.15) is 0 Å². The average Bonchev–Trinajstić information content (AvgIpc) is 2.79. The third-order valence-corrected chi connectivity index (χ3v) is 8.08. The van der Waals surface area contributed by atoms with Gasteiger partial charge in [-0.3, -0.25) is 9.59 Å². The van der Waals surface area contributed by atoms with Crippen LogP contribution in [0.2, 0.25) is 0 Å². The van der Waals surface area contributed by atoms with Gasteiger partial charge in [-0.15, -0.1) is 0 Å². The summed E-state index contributed by atoms with van der Waals surface area (Å²) in [6, 6.07) is 18.1. The van der Waals surface area contributed by atoms with Gasteiger partial charge in [-0.1, -0.05) is 0 Å². The number of fused-ring (bicyclic) bond motifs is 4. The summed E-state index contributed by atoms with van der Waals surface area (Å²) in [5, 5.41) is 0. The highest BCUT2D eigenvalue weighted by molar-refractivity contribution is 5.83. The molecule has 0 spiro atoms. The van der Waals surface area contributed by atoms with Gasteiger partial charge in [0.05, 0.1) is 0 Å². The van der Waals surface area contributed by atoms with Crippen molar-refractivity contribution in [3.8, 4) is 11.5 Å². The molecule has 4 aliphatic rings. The number of anilines is 2. The standard InChI is InChI=1S/C28H32N2O3/c31-25-15-21-3-1-4-22(16-25)29(21)19-7-11-27(12-8-19)33-28-13-9-20(10-14-28)30-23-5-2-6-24(30)18-26(32)17-23/h7-14,21-24H,1-6,15-18H2/t21-,22+,23-,24+. The molecular weight excluding hydrogens is 412 g/mol. The van der Waals surface area contributed by atoms with Crippen LogP contribution >= 0.6 is 0 Å². The fraction of sp³-hybridized carbons (Fsp3) is 0.500. The van der Waals surface area contributed by atoms with Crippen molar-refractivity contribution in [1.29, 1.82) is 0 Å². The van der Waals surface area contributed by atoms with Crippen LogP contribution in [0.25, 0.3) is 0 Å². The Labute approximate surface area is 195 Å². The van der Waals surface area contributed by atoms with Gasteiger partial charge in [-0.25, -0.2) is 0 Å². The zero-order valence-electron chi connectivity index (χ0n) is 19.1. The number of Topliss-reactive ketones (excluding diaryl/α,β-unsaturated/α-hetero) is 2. The van der Waals surface area contributed by atoms with Crippen LogP contribution < -0.4 is 14.5 Å². The third kappa shape index (κ3) is 4.03. The van der Waals surface area contributed by atoms with Crippen molar-refractivity contribution in [1.82, 2.24) is 0 Å². The molecule has 0 radical (unpaired) electrons. The third-order valence-electron chi connectivity index (χ3n) is 8.08. The smallest absolute Gasteiger partial charge is 0.137 e. The highest BCUT2D eigenvalue weighted by Gasteiger charge is 2.38. The van der Waals surface area contributed by atoms with Crippen LogP contribution in [-0.4, -0.2) is 35.7 Å². The topological polar surface area (TPSA) is 49.9 Å². The Bertz CT molecular complexity index is 917. The Kier molecular flexibility index (Phi) is 5.35. The van der Waals surface area contributed by atoms with E-state index in [-0.39, 0.29) is 0 Å². The number of ketones is 2. The normalized spacial score (nSPS) is 29.2. The lowest BCUT2D eigenvalue weighted by Crippen LogP contribution is -2.52. The summed E-state index contributed by atoms with van der Waals surface area (Å²) in [5.41, 5.74) is 2.40. The van der Waals surface area contributed by atoms with Gasteiger partial charge in [0, 0.05) is 61.2 Å². The second kappa shape index (κ2) is 8.51. The maximum atomic E-state index is 12.0. The summed E-state index contributed by atoms with van der Waals surface area (Å²) in [7, 11) is 0. The van der Waals surface area contributed by atoms with E-state index in [1.807, 2.05) is 24.3 Å². The molecule has 0 saturated carbocycles. The second-order valence-electron chi connectivity index (χ2n) is 10.3. The molecule has 5 heteroatoms. The zero-order valence-corrected chi connectivity index (χ0v) is 19.1. The molecule has 172 valence electrons. The molecule has 0 amide bonds. The van der Waals surface area contributed by atoms with Crippen molar-refractivity contribution >= 4 is 22.9 Å². The van der Waals surface area contributed by atoms with E-state index >= 15 is 0 Å². The molecule has 4 fully saturated rings. The molecule has 4 aliphatic heterocycles. The Morgan fingerprint density at radius 3 is 1.21 bits per heavy atom. The van der Waals surface area contributed by atoms with Gasteiger partial charge >= 0.3 is 0 Å². The molecule has 0 aliphatic carbocycles. The Hall–Kier alpha value is -2.82. The van der Waals surface area contributed by atoms with E-state index in [0.717, 1.165) is 37.2 Å². The van der Waals surface area contributed by atoms with Crippen LogP contribution in [0.4, 0.5) is 11.4 Å². The molecule has 6 rings (SSSR count). The lowest BCUT2D eigenvalue weighted by atomic mass is 9.83. The van der Waals surface area contributed by atoms with Crippen molar-refractivity contribution in [3.63, 3.8) is 0 Å². The molecule has 4 saturated heterocycles. The molecule has 33 heavy (non-hydrogen) atoms. The van der Waals surface area contributed by atoms with Gasteiger partial charge in [0.25, 0.3) is 0 Å². The summed E-state index contributed by atoms with van der Waals surface area (Å²) < 4.78 is 6.14. The van der Waals surface area contributed by atoms with Crippen molar-refractivity contribution < 1.29 is 14.3 Å². The first-order chi connectivity index (χ1) is 16.1. The van der Waals surface area contributed by atoms with Crippen molar-refractivity contribution in [2.75, 3.05) is 9.80 Å². The fourth-order valence-corrected chi connectivity index (χ4v) is 6.70. The number of hydrogen-bond acceptors (Lipinski definition) is 5. The number of piperidine rings is 4.